The standard InChI is InChI=1S/C13H13F4NO2/c14-10-6-8(5-9(7-10)13(15,16)17)11(12(19)20)18-3-1-2-4-18/h5-7,11H,1-4H2,(H,19,20). The Balaban J connectivity index is 2.43. The molecule has 1 aliphatic rings. The third-order valence-corrected chi connectivity index (χ3v) is 3.30. The highest BCUT2D eigenvalue weighted by atomic mass is 19.4. The Morgan fingerprint density at radius 1 is 1.20 bits per heavy atom. The minimum Gasteiger partial charge on any atom is -0.480 e. The Morgan fingerprint density at radius 2 is 1.80 bits per heavy atom. The van der Waals surface area contributed by atoms with Gasteiger partial charge in [-0.15, -0.1) is 0 Å². The van der Waals surface area contributed by atoms with Gasteiger partial charge >= 0.3 is 12.1 Å². The van der Waals surface area contributed by atoms with E-state index in [9.17, 15) is 27.5 Å². The first-order valence-electron chi connectivity index (χ1n) is 6.13. The van der Waals surface area contributed by atoms with Crippen LogP contribution in [0.2, 0.25) is 0 Å². The molecule has 1 fully saturated rings. The average molecular weight is 291 g/mol. The summed E-state index contributed by atoms with van der Waals surface area (Å²) in [6.07, 6.45) is -3.14. The summed E-state index contributed by atoms with van der Waals surface area (Å²) in [7, 11) is 0. The molecule has 1 aliphatic heterocycles. The van der Waals surface area contributed by atoms with Gasteiger partial charge in [-0.05, 0) is 49.7 Å². The maximum Gasteiger partial charge on any atom is 0.416 e. The van der Waals surface area contributed by atoms with Crippen LogP contribution in [0.25, 0.3) is 0 Å². The molecular formula is C13H13F4NO2. The Morgan fingerprint density at radius 3 is 2.30 bits per heavy atom. The number of hydrogen-bond acceptors (Lipinski definition) is 2. The average Bonchev–Trinajstić information content (AvgIpc) is 2.80. The van der Waals surface area contributed by atoms with Gasteiger partial charge in [-0.3, -0.25) is 9.69 Å². The monoisotopic (exact) mass is 291 g/mol. The van der Waals surface area contributed by atoms with E-state index >= 15 is 0 Å². The van der Waals surface area contributed by atoms with E-state index in [-0.39, 0.29) is 5.56 Å². The number of carbonyl (C=O) groups is 1. The van der Waals surface area contributed by atoms with E-state index in [2.05, 4.69) is 0 Å². The van der Waals surface area contributed by atoms with Crippen molar-refractivity contribution in [3.63, 3.8) is 0 Å². The first-order valence-corrected chi connectivity index (χ1v) is 6.13. The minimum absolute atomic E-state index is 0.174. The Hall–Kier alpha value is -1.63. The normalized spacial score (nSPS) is 18.2. The first kappa shape index (κ1) is 14.8. The number of hydrogen-bond donors (Lipinski definition) is 1. The molecular weight excluding hydrogens is 278 g/mol. The van der Waals surface area contributed by atoms with Crippen LogP contribution < -0.4 is 0 Å². The molecule has 1 aromatic rings. The van der Waals surface area contributed by atoms with Crippen LogP contribution in [0.3, 0.4) is 0 Å². The fourth-order valence-electron chi connectivity index (χ4n) is 2.44. The highest BCUT2D eigenvalue weighted by molar-refractivity contribution is 5.75. The number of nitrogens with zero attached hydrogens (tertiary/aromatic N) is 1. The van der Waals surface area contributed by atoms with Gasteiger partial charge in [0.05, 0.1) is 5.56 Å². The number of carboxylic acids is 1. The van der Waals surface area contributed by atoms with Crippen molar-refractivity contribution in [3.05, 3.63) is 35.1 Å². The zero-order valence-corrected chi connectivity index (χ0v) is 10.5. The van der Waals surface area contributed by atoms with Crippen LogP contribution in [0.15, 0.2) is 18.2 Å². The van der Waals surface area contributed by atoms with Crippen LogP contribution in [0.1, 0.15) is 30.0 Å². The summed E-state index contributed by atoms with van der Waals surface area (Å²) in [4.78, 5) is 12.9. The van der Waals surface area contributed by atoms with Crippen molar-refractivity contribution in [2.75, 3.05) is 13.1 Å². The van der Waals surface area contributed by atoms with E-state index in [1.165, 1.54) is 0 Å². The maximum absolute atomic E-state index is 13.4. The van der Waals surface area contributed by atoms with Gasteiger partial charge in [0.2, 0.25) is 0 Å². The summed E-state index contributed by atoms with van der Waals surface area (Å²) < 4.78 is 51.3. The zero-order valence-electron chi connectivity index (χ0n) is 10.5. The molecule has 0 bridgehead atoms. The lowest BCUT2D eigenvalue weighted by Gasteiger charge is -2.24. The van der Waals surface area contributed by atoms with E-state index in [1.807, 2.05) is 0 Å². The highest BCUT2D eigenvalue weighted by Crippen LogP contribution is 2.33. The van der Waals surface area contributed by atoms with Crippen molar-refractivity contribution in [3.8, 4) is 0 Å². The molecule has 1 N–H and O–H groups in total. The molecule has 0 aromatic heterocycles. The highest BCUT2D eigenvalue weighted by Gasteiger charge is 2.35. The van der Waals surface area contributed by atoms with Crippen LogP contribution >= 0.6 is 0 Å². The zero-order chi connectivity index (χ0) is 14.9. The topological polar surface area (TPSA) is 40.5 Å². The lowest BCUT2D eigenvalue weighted by Crippen LogP contribution is -2.32. The smallest absolute Gasteiger partial charge is 0.416 e. The Labute approximate surface area is 112 Å². The van der Waals surface area contributed by atoms with Gasteiger partial charge in [0.25, 0.3) is 0 Å². The second-order valence-electron chi connectivity index (χ2n) is 4.75. The number of carboxylic acid groups (broad SMARTS) is 1. The molecule has 2 rings (SSSR count). The molecule has 0 spiro atoms. The van der Waals surface area contributed by atoms with Crippen LogP contribution in [0, 0.1) is 5.82 Å². The minimum atomic E-state index is -4.70. The number of benzene rings is 1. The summed E-state index contributed by atoms with van der Waals surface area (Å²) in [6.45, 7) is 0.962. The molecule has 1 atom stereocenters. The van der Waals surface area contributed by atoms with Crippen molar-refractivity contribution >= 4 is 5.97 Å². The maximum atomic E-state index is 13.4. The van der Waals surface area contributed by atoms with E-state index in [4.69, 9.17) is 0 Å². The molecule has 3 nitrogen and oxygen atoms in total. The van der Waals surface area contributed by atoms with Gasteiger partial charge in [-0.25, -0.2) is 4.39 Å². The summed E-state index contributed by atoms with van der Waals surface area (Å²) in [5, 5.41) is 9.23. The van der Waals surface area contributed by atoms with E-state index in [1.54, 1.807) is 4.90 Å². The number of rotatable bonds is 3. The SMILES string of the molecule is O=C(O)C(c1cc(F)cc(C(F)(F)F)c1)N1CCCC1. The largest absolute Gasteiger partial charge is 0.480 e. The summed E-state index contributed by atoms with van der Waals surface area (Å²) in [5.74, 6) is -2.36. The predicted molar refractivity (Wildman–Crippen MR) is 62.6 cm³/mol. The molecule has 7 heteroatoms. The summed E-state index contributed by atoms with van der Waals surface area (Å²) >= 11 is 0. The number of alkyl halides is 3. The molecule has 0 saturated carbocycles. The fourth-order valence-corrected chi connectivity index (χ4v) is 2.44. The van der Waals surface area contributed by atoms with Gasteiger partial charge in [-0.2, -0.15) is 13.2 Å². The molecule has 20 heavy (non-hydrogen) atoms. The molecule has 1 aromatic carbocycles. The quantitative estimate of drug-likeness (QED) is 0.870. The second-order valence-corrected chi connectivity index (χ2v) is 4.75. The third-order valence-electron chi connectivity index (χ3n) is 3.30. The van der Waals surface area contributed by atoms with Gasteiger partial charge in [0.1, 0.15) is 11.9 Å². The Kier molecular flexibility index (Phi) is 3.99. The summed E-state index contributed by atoms with van der Waals surface area (Å²) in [5.41, 5.74) is -1.34. The Bertz CT molecular complexity index is 510. The number of halogens is 4. The van der Waals surface area contributed by atoms with Gasteiger partial charge in [-0.1, -0.05) is 0 Å². The van der Waals surface area contributed by atoms with Crippen LogP contribution in [0.5, 0.6) is 0 Å². The van der Waals surface area contributed by atoms with Gasteiger partial charge < -0.3 is 5.11 Å². The lowest BCUT2D eigenvalue weighted by atomic mass is 10.0. The van der Waals surface area contributed by atoms with Crippen LogP contribution in [-0.4, -0.2) is 29.1 Å². The summed E-state index contributed by atoms with van der Waals surface area (Å²) in [6, 6.07) is 0.688. The fraction of sp³-hybridized carbons (Fsp3) is 0.462. The van der Waals surface area contributed by atoms with Crippen molar-refractivity contribution < 1.29 is 27.5 Å². The predicted octanol–water partition coefficient (Wildman–Crippen LogP) is 3.07. The van der Waals surface area contributed by atoms with Crippen molar-refractivity contribution in [1.82, 2.24) is 4.90 Å². The van der Waals surface area contributed by atoms with Crippen molar-refractivity contribution in [1.29, 1.82) is 0 Å². The molecule has 110 valence electrons. The lowest BCUT2D eigenvalue weighted by molar-refractivity contribution is -0.144. The molecule has 1 unspecified atom stereocenters. The first-order chi connectivity index (χ1) is 9.29. The van der Waals surface area contributed by atoms with Gasteiger partial charge in [0.15, 0.2) is 0 Å². The van der Waals surface area contributed by atoms with Crippen molar-refractivity contribution in [2.45, 2.75) is 25.1 Å². The van der Waals surface area contributed by atoms with Crippen LogP contribution in [0.4, 0.5) is 17.6 Å². The van der Waals surface area contributed by atoms with E-state index in [0.29, 0.717) is 25.2 Å². The van der Waals surface area contributed by atoms with E-state index < -0.39 is 29.6 Å². The number of aliphatic carboxylic acids is 1. The molecule has 1 saturated heterocycles. The van der Waals surface area contributed by atoms with Crippen LogP contribution in [-0.2, 0) is 11.0 Å². The molecule has 0 aliphatic carbocycles. The van der Waals surface area contributed by atoms with Gasteiger partial charge in [0, 0.05) is 0 Å². The van der Waals surface area contributed by atoms with E-state index in [0.717, 1.165) is 18.9 Å². The molecule has 0 radical (unpaired) electrons. The third kappa shape index (κ3) is 3.09. The second kappa shape index (κ2) is 5.40. The molecule has 0 amide bonds. The van der Waals surface area contributed by atoms with Crippen molar-refractivity contribution in [2.24, 2.45) is 0 Å². The number of likely N-dealkylation sites (tertiary alicyclic amines) is 1. The molecule has 1 heterocycles.